The van der Waals surface area contributed by atoms with Gasteiger partial charge in [-0.3, -0.25) is 9.59 Å². The van der Waals surface area contributed by atoms with E-state index in [1.165, 1.54) is 4.68 Å². The van der Waals surface area contributed by atoms with E-state index >= 15 is 0 Å². The number of aromatic nitrogens is 2. The molecule has 3 heterocycles. The van der Waals surface area contributed by atoms with Crippen LogP contribution in [0.4, 0.5) is 11.5 Å². The smallest absolute Gasteiger partial charge is 0.230 e. The fourth-order valence-corrected chi connectivity index (χ4v) is 5.96. The molecule has 0 aliphatic carbocycles. The van der Waals surface area contributed by atoms with E-state index in [9.17, 15) is 18.0 Å². The fourth-order valence-electron chi connectivity index (χ4n) is 4.34. The minimum atomic E-state index is -3.31. The van der Waals surface area contributed by atoms with E-state index in [0.717, 1.165) is 11.3 Å². The number of rotatable bonds is 4. The summed E-state index contributed by atoms with van der Waals surface area (Å²) in [6.45, 7) is 2.18. The van der Waals surface area contributed by atoms with Gasteiger partial charge in [0.1, 0.15) is 5.82 Å². The SMILES string of the molecule is Cc1ccccc1N1CC(C(=O)Nc2c3c(nn2-c2ccc(Cl)cc2)CS(=O)(=O)C3)CC1=O. The zero-order valence-corrected chi connectivity index (χ0v) is 19.4. The van der Waals surface area contributed by atoms with Crippen molar-refractivity contribution in [3.63, 3.8) is 0 Å². The third kappa shape index (κ3) is 4.02. The highest BCUT2D eigenvalue weighted by Crippen LogP contribution is 2.34. The van der Waals surface area contributed by atoms with Crippen molar-refractivity contribution < 1.29 is 18.0 Å². The van der Waals surface area contributed by atoms with Gasteiger partial charge in [-0.05, 0) is 42.8 Å². The number of sulfone groups is 1. The average Bonchev–Trinajstić information content (AvgIpc) is 3.39. The van der Waals surface area contributed by atoms with E-state index in [4.69, 9.17) is 11.6 Å². The largest absolute Gasteiger partial charge is 0.311 e. The summed E-state index contributed by atoms with van der Waals surface area (Å²) >= 11 is 6.00. The van der Waals surface area contributed by atoms with Gasteiger partial charge in [0.2, 0.25) is 11.8 Å². The summed E-state index contributed by atoms with van der Waals surface area (Å²) in [5.41, 5.74) is 3.29. The lowest BCUT2D eigenvalue weighted by atomic mass is 10.1. The number of anilines is 2. The number of aryl methyl sites for hydroxylation is 1. The molecule has 1 aromatic heterocycles. The standard InChI is InChI=1S/C23H21ClN4O4S/c1-14-4-2-3-5-20(14)27-11-15(10-21(27)29)23(30)25-22-18-12-33(31,32)13-19(18)26-28(22)17-8-6-16(24)7-9-17/h2-9,15H,10-13H2,1H3,(H,25,30). The van der Waals surface area contributed by atoms with Crippen molar-refractivity contribution in [2.24, 2.45) is 5.92 Å². The van der Waals surface area contributed by atoms with E-state index < -0.39 is 15.8 Å². The Morgan fingerprint density at radius 3 is 2.58 bits per heavy atom. The molecule has 10 heteroatoms. The first kappa shape index (κ1) is 21.7. The van der Waals surface area contributed by atoms with Crippen LogP contribution in [0.15, 0.2) is 48.5 Å². The van der Waals surface area contributed by atoms with Crippen LogP contribution in [0.25, 0.3) is 5.69 Å². The van der Waals surface area contributed by atoms with Crippen LogP contribution in [-0.4, -0.2) is 36.6 Å². The van der Waals surface area contributed by atoms with Crippen molar-refractivity contribution in [1.29, 1.82) is 0 Å². The number of amides is 2. The second-order valence-electron chi connectivity index (χ2n) is 8.38. The van der Waals surface area contributed by atoms with Crippen LogP contribution >= 0.6 is 11.6 Å². The van der Waals surface area contributed by atoms with Crippen LogP contribution < -0.4 is 10.2 Å². The van der Waals surface area contributed by atoms with E-state index in [-0.39, 0.29) is 36.3 Å². The summed E-state index contributed by atoms with van der Waals surface area (Å²) in [6.07, 6.45) is 0.0791. The summed E-state index contributed by atoms with van der Waals surface area (Å²) in [5, 5.41) is 7.88. The zero-order chi connectivity index (χ0) is 23.3. The molecule has 8 nitrogen and oxygen atoms in total. The Balaban J connectivity index is 1.44. The monoisotopic (exact) mass is 484 g/mol. The van der Waals surface area contributed by atoms with Crippen LogP contribution in [0.2, 0.25) is 5.02 Å². The van der Waals surface area contributed by atoms with Crippen molar-refractivity contribution in [3.8, 4) is 5.69 Å². The van der Waals surface area contributed by atoms with E-state index in [0.29, 0.717) is 27.8 Å². The number of hydrogen-bond acceptors (Lipinski definition) is 5. The molecule has 5 rings (SSSR count). The number of halogens is 1. The molecular weight excluding hydrogens is 464 g/mol. The Kier molecular flexibility index (Phi) is 5.25. The third-order valence-corrected chi connectivity index (χ3v) is 7.70. The number of para-hydroxylation sites is 1. The first-order valence-corrected chi connectivity index (χ1v) is 12.7. The molecule has 170 valence electrons. The maximum Gasteiger partial charge on any atom is 0.230 e. The average molecular weight is 485 g/mol. The van der Waals surface area contributed by atoms with Crippen LogP contribution in [0.1, 0.15) is 23.2 Å². The van der Waals surface area contributed by atoms with Gasteiger partial charge >= 0.3 is 0 Å². The predicted octanol–water partition coefficient (Wildman–Crippen LogP) is 3.25. The lowest BCUT2D eigenvalue weighted by molar-refractivity contribution is -0.122. The number of benzene rings is 2. The molecule has 1 fully saturated rings. The van der Waals surface area contributed by atoms with Crippen LogP contribution in [-0.2, 0) is 30.9 Å². The van der Waals surface area contributed by atoms with Crippen molar-refractivity contribution in [2.45, 2.75) is 24.9 Å². The summed E-state index contributed by atoms with van der Waals surface area (Å²) in [5.74, 6) is -1.08. The van der Waals surface area contributed by atoms with Gasteiger partial charge in [0, 0.05) is 29.2 Å². The van der Waals surface area contributed by atoms with E-state index in [1.807, 2.05) is 31.2 Å². The van der Waals surface area contributed by atoms with Crippen LogP contribution in [0.5, 0.6) is 0 Å². The maximum atomic E-state index is 13.2. The molecule has 2 aliphatic rings. The van der Waals surface area contributed by atoms with Crippen molar-refractivity contribution in [3.05, 3.63) is 70.4 Å². The second-order valence-corrected chi connectivity index (χ2v) is 10.9. The van der Waals surface area contributed by atoms with E-state index in [1.54, 1.807) is 29.2 Å². The van der Waals surface area contributed by atoms with Gasteiger partial charge in [-0.1, -0.05) is 29.8 Å². The number of hydrogen-bond donors (Lipinski definition) is 1. The minimum absolute atomic E-state index is 0.0791. The summed E-state index contributed by atoms with van der Waals surface area (Å²) in [4.78, 5) is 27.5. The molecule has 2 aromatic carbocycles. The summed E-state index contributed by atoms with van der Waals surface area (Å²) in [7, 11) is -3.31. The summed E-state index contributed by atoms with van der Waals surface area (Å²) in [6, 6.07) is 14.4. The molecule has 3 aromatic rings. The van der Waals surface area contributed by atoms with Crippen LogP contribution in [0, 0.1) is 12.8 Å². The molecule has 1 saturated heterocycles. The topological polar surface area (TPSA) is 101 Å². The maximum absolute atomic E-state index is 13.2. The molecule has 0 radical (unpaired) electrons. The molecule has 1 unspecified atom stereocenters. The van der Waals surface area contributed by atoms with Gasteiger partial charge < -0.3 is 10.2 Å². The van der Waals surface area contributed by atoms with Crippen molar-refractivity contribution in [2.75, 3.05) is 16.8 Å². The van der Waals surface area contributed by atoms with Crippen molar-refractivity contribution >= 4 is 44.8 Å². The quantitative estimate of drug-likeness (QED) is 0.612. The Hall–Kier alpha value is -3.17. The number of fused-ring (bicyclic) bond motifs is 1. The molecule has 2 amide bonds. The zero-order valence-electron chi connectivity index (χ0n) is 17.8. The third-order valence-electron chi connectivity index (χ3n) is 6.00. The lowest BCUT2D eigenvalue weighted by Crippen LogP contribution is -2.29. The molecular formula is C23H21ClN4O4S. The predicted molar refractivity (Wildman–Crippen MR) is 125 cm³/mol. The van der Waals surface area contributed by atoms with Crippen LogP contribution in [0.3, 0.4) is 0 Å². The number of nitrogens with one attached hydrogen (secondary N) is 1. The van der Waals surface area contributed by atoms with Gasteiger partial charge in [-0.25, -0.2) is 13.1 Å². The highest BCUT2D eigenvalue weighted by atomic mass is 35.5. The normalized spacial score (nSPS) is 19.0. The van der Waals surface area contributed by atoms with Crippen molar-refractivity contribution in [1.82, 2.24) is 9.78 Å². The molecule has 1 N–H and O–H groups in total. The number of carbonyl (C=O) groups is 2. The van der Waals surface area contributed by atoms with Gasteiger partial charge in [-0.2, -0.15) is 5.10 Å². The van der Waals surface area contributed by atoms with Gasteiger partial charge in [0.15, 0.2) is 9.84 Å². The molecule has 33 heavy (non-hydrogen) atoms. The fraction of sp³-hybridized carbons (Fsp3) is 0.261. The number of nitrogens with zero attached hydrogens (tertiary/aromatic N) is 3. The Labute approximate surface area is 196 Å². The highest BCUT2D eigenvalue weighted by Gasteiger charge is 2.38. The molecule has 0 saturated carbocycles. The van der Waals surface area contributed by atoms with E-state index in [2.05, 4.69) is 10.4 Å². The van der Waals surface area contributed by atoms with Gasteiger partial charge in [0.25, 0.3) is 0 Å². The Morgan fingerprint density at radius 2 is 1.85 bits per heavy atom. The number of carbonyl (C=O) groups excluding carboxylic acids is 2. The minimum Gasteiger partial charge on any atom is -0.311 e. The molecule has 1 atom stereocenters. The highest BCUT2D eigenvalue weighted by molar-refractivity contribution is 7.90. The second kappa shape index (κ2) is 8.00. The Morgan fingerprint density at radius 1 is 1.12 bits per heavy atom. The Bertz CT molecular complexity index is 1380. The lowest BCUT2D eigenvalue weighted by Gasteiger charge is -2.19. The first-order valence-electron chi connectivity index (χ1n) is 10.5. The summed E-state index contributed by atoms with van der Waals surface area (Å²) < 4.78 is 25.9. The van der Waals surface area contributed by atoms with Gasteiger partial charge in [0.05, 0.1) is 28.8 Å². The molecule has 2 aliphatic heterocycles. The molecule has 0 bridgehead atoms. The van der Waals surface area contributed by atoms with Gasteiger partial charge in [-0.15, -0.1) is 0 Å². The molecule has 0 spiro atoms. The first-order chi connectivity index (χ1) is 15.7.